The number of hydrogen-bond donors (Lipinski definition) is 1. The number of carbonyl (C=O) groups is 1. The first kappa shape index (κ1) is 10.6. The van der Waals surface area contributed by atoms with E-state index in [-0.39, 0.29) is 0 Å². The number of aromatic nitrogens is 1. The van der Waals surface area contributed by atoms with Crippen LogP contribution >= 0.6 is 11.3 Å². The molecule has 82 valence electrons. The minimum absolute atomic E-state index is 0.333. The second kappa shape index (κ2) is 3.30. The molecule has 3 nitrogen and oxygen atoms in total. The maximum atomic E-state index is 11.1. The molecule has 2 N–H and O–H groups in total. The number of carbonyl (C=O) groups excluding carboxylic acids is 1. The van der Waals surface area contributed by atoms with Gasteiger partial charge in [0.1, 0.15) is 5.69 Å². The van der Waals surface area contributed by atoms with Crippen molar-refractivity contribution in [3.05, 3.63) is 15.6 Å². The zero-order valence-electron chi connectivity index (χ0n) is 9.33. The van der Waals surface area contributed by atoms with E-state index >= 15 is 0 Å². The van der Waals surface area contributed by atoms with Crippen molar-refractivity contribution in [3.63, 3.8) is 0 Å². The largest absolute Gasteiger partial charge is 0.364 e. The van der Waals surface area contributed by atoms with Crippen LogP contribution in [0.4, 0.5) is 0 Å². The molecule has 1 amide bonds. The summed E-state index contributed by atoms with van der Waals surface area (Å²) in [5.41, 5.74) is 6.05. The summed E-state index contributed by atoms with van der Waals surface area (Å²) in [7, 11) is 0. The van der Waals surface area contributed by atoms with Crippen molar-refractivity contribution >= 4 is 17.2 Å². The maximum absolute atomic E-state index is 11.1. The van der Waals surface area contributed by atoms with Crippen LogP contribution in [0, 0.1) is 12.3 Å². The zero-order valence-corrected chi connectivity index (χ0v) is 10.1. The van der Waals surface area contributed by atoms with E-state index in [1.54, 1.807) is 11.3 Å². The molecule has 1 aliphatic rings. The molecule has 1 unspecified atom stereocenters. The van der Waals surface area contributed by atoms with Gasteiger partial charge in [-0.3, -0.25) is 4.79 Å². The van der Waals surface area contributed by atoms with E-state index in [1.807, 2.05) is 6.92 Å². The zero-order chi connectivity index (χ0) is 11.2. The lowest BCUT2D eigenvalue weighted by atomic mass is 9.63. The van der Waals surface area contributed by atoms with E-state index in [9.17, 15) is 4.79 Å². The van der Waals surface area contributed by atoms with Crippen molar-refractivity contribution in [2.45, 2.75) is 39.5 Å². The number of nitrogens with two attached hydrogens (primary N) is 1. The molecule has 1 saturated carbocycles. The molecule has 1 aromatic heterocycles. The van der Waals surface area contributed by atoms with Gasteiger partial charge >= 0.3 is 0 Å². The number of hydrogen-bond acceptors (Lipinski definition) is 3. The van der Waals surface area contributed by atoms with Gasteiger partial charge in [-0.1, -0.05) is 13.8 Å². The van der Waals surface area contributed by atoms with E-state index in [2.05, 4.69) is 18.8 Å². The molecular weight excluding hydrogens is 208 g/mol. The van der Waals surface area contributed by atoms with Gasteiger partial charge in [0, 0.05) is 10.8 Å². The molecule has 4 heteroatoms. The van der Waals surface area contributed by atoms with Crippen LogP contribution in [0.25, 0.3) is 0 Å². The Morgan fingerprint density at radius 1 is 1.60 bits per heavy atom. The molecule has 0 saturated heterocycles. The van der Waals surface area contributed by atoms with Crippen LogP contribution in [-0.2, 0) is 0 Å². The summed E-state index contributed by atoms with van der Waals surface area (Å²) in [6.07, 6.45) is 2.42. The second-order valence-electron chi connectivity index (χ2n) is 4.90. The second-order valence-corrected chi connectivity index (χ2v) is 6.14. The first-order valence-electron chi connectivity index (χ1n) is 5.19. The average Bonchev–Trinajstić information content (AvgIpc) is 2.45. The van der Waals surface area contributed by atoms with Gasteiger partial charge in [-0.25, -0.2) is 4.98 Å². The first-order valence-corrected chi connectivity index (χ1v) is 6.00. The van der Waals surface area contributed by atoms with Crippen molar-refractivity contribution in [1.82, 2.24) is 4.98 Å². The van der Waals surface area contributed by atoms with E-state index in [0.717, 1.165) is 9.88 Å². The molecule has 1 aliphatic carbocycles. The van der Waals surface area contributed by atoms with Gasteiger partial charge in [-0.05, 0) is 25.2 Å². The minimum Gasteiger partial charge on any atom is -0.364 e. The third-order valence-corrected chi connectivity index (χ3v) is 4.45. The van der Waals surface area contributed by atoms with E-state index in [4.69, 9.17) is 5.73 Å². The molecule has 2 rings (SSSR count). The van der Waals surface area contributed by atoms with Crippen molar-refractivity contribution < 1.29 is 4.79 Å². The summed E-state index contributed by atoms with van der Waals surface area (Å²) in [4.78, 5) is 16.4. The Morgan fingerprint density at radius 2 is 2.27 bits per heavy atom. The smallest absolute Gasteiger partial charge is 0.268 e. The third kappa shape index (κ3) is 1.67. The molecule has 0 aliphatic heterocycles. The molecule has 0 spiro atoms. The van der Waals surface area contributed by atoms with E-state index < -0.39 is 5.91 Å². The topological polar surface area (TPSA) is 56.0 Å². The Labute approximate surface area is 93.7 Å². The Kier molecular flexibility index (Phi) is 2.34. The molecule has 15 heavy (non-hydrogen) atoms. The summed E-state index contributed by atoms with van der Waals surface area (Å²) in [6.45, 7) is 6.41. The van der Waals surface area contributed by atoms with Crippen LogP contribution in [0.15, 0.2) is 0 Å². The van der Waals surface area contributed by atoms with Gasteiger partial charge in [0.05, 0.1) is 5.01 Å². The van der Waals surface area contributed by atoms with Crippen LogP contribution in [0.2, 0.25) is 0 Å². The molecule has 0 bridgehead atoms. The van der Waals surface area contributed by atoms with Crippen LogP contribution < -0.4 is 5.73 Å². The van der Waals surface area contributed by atoms with Gasteiger partial charge in [0.15, 0.2) is 0 Å². The van der Waals surface area contributed by atoms with Crippen molar-refractivity contribution in [2.24, 2.45) is 11.1 Å². The van der Waals surface area contributed by atoms with Crippen LogP contribution in [0.5, 0.6) is 0 Å². The normalized spacial score (nSPS) is 23.5. The number of rotatable bonds is 2. The highest BCUT2D eigenvalue weighted by Gasteiger charge is 2.41. The molecule has 0 radical (unpaired) electrons. The van der Waals surface area contributed by atoms with E-state index in [0.29, 0.717) is 17.0 Å². The minimum atomic E-state index is -0.410. The van der Waals surface area contributed by atoms with Crippen LogP contribution in [0.1, 0.15) is 53.0 Å². The average molecular weight is 224 g/mol. The Balaban J connectivity index is 2.31. The summed E-state index contributed by atoms with van der Waals surface area (Å²) < 4.78 is 0. The standard InChI is InChI=1S/C11H16N2OS/c1-6-8(9(12)14)13-10(15-6)7-4-5-11(7,2)3/h7H,4-5H2,1-3H3,(H2,12,14). The Bertz CT molecular complexity index is 409. The number of primary amides is 1. The van der Waals surface area contributed by atoms with E-state index in [1.165, 1.54) is 12.8 Å². The summed E-state index contributed by atoms with van der Waals surface area (Å²) in [5, 5.41) is 1.08. The maximum Gasteiger partial charge on any atom is 0.268 e. The van der Waals surface area contributed by atoms with Crippen molar-refractivity contribution in [1.29, 1.82) is 0 Å². The molecular formula is C11H16N2OS. The van der Waals surface area contributed by atoms with Gasteiger partial charge in [0.25, 0.3) is 5.91 Å². The summed E-state index contributed by atoms with van der Waals surface area (Å²) in [6, 6.07) is 0. The Morgan fingerprint density at radius 3 is 2.60 bits per heavy atom. The molecule has 1 fully saturated rings. The highest BCUT2D eigenvalue weighted by molar-refractivity contribution is 7.12. The fraction of sp³-hybridized carbons (Fsp3) is 0.636. The lowest BCUT2D eigenvalue weighted by Crippen LogP contribution is -2.32. The fourth-order valence-corrected chi connectivity index (χ4v) is 3.39. The van der Waals surface area contributed by atoms with Gasteiger partial charge in [-0.15, -0.1) is 11.3 Å². The quantitative estimate of drug-likeness (QED) is 0.839. The predicted molar refractivity (Wildman–Crippen MR) is 61.1 cm³/mol. The fourth-order valence-electron chi connectivity index (χ4n) is 2.12. The lowest BCUT2D eigenvalue weighted by Gasteiger charge is -2.43. The number of amides is 1. The summed E-state index contributed by atoms with van der Waals surface area (Å²) >= 11 is 1.62. The SMILES string of the molecule is Cc1sc(C2CCC2(C)C)nc1C(N)=O. The van der Waals surface area contributed by atoms with Crippen molar-refractivity contribution in [3.8, 4) is 0 Å². The van der Waals surface area contributed by atoms with Crippen LogP contribution in [-0.4, -0.2) is 10.9 Å². The van der Waals surface area contributed by atoms with Crippen molar-refractivity contribution in [2.75, 3.05) is 0 Å². The first-order chi connectivity index (χ1) is 6.92. The van der Waals surface area contributed by atoms with Gasteiger partial charge < -0.3 is 5.73 Å². The number of nitrogens with zero attached hydrogens (tertiary/aromatic N) is 1. The third-order valence-electron chi connectivity index (χ3n) is 3.37. The number of thiazole rings is 1. The highest BCUT2D eigenvalue weighted by atomic mass is 32.1. The Hall–Kier alpha value is -0.900. The highest BCUT2D eigenvalue weighted by Crippen LogP contribution is 2.53. The van der Waals surface area contributed by atoms with Gasteiger partial charge in [0.2, 0.25) is 0 Å². The molecule has 0 aromatic carbocycles. The molecule has 1 aromatic rings. The van der Waals surface area contributed by atoms with Crippen LogP contribution in [0.3, 0.4) is 0 Å². The predicted octanol–water partition coefficient (Wildman–Crippen LogP) is 2.45. The molecule has 1 heterocycles. The molecule has 1 atom stereocenters. The lowest BCUT2D eigenvalue weighted by molar-refractivity contribution is 0.0993. The van der Waals surface area contributed by atoms with Gasteiger partial charge in [-0.2, -0.15) is 0 Å². The monoisotopic (exact) mass is 224 g/mol. The number of aryl methyl sites for hydroxylation is 1. The summed E-state index contributed by atoms with van der Waals surface area (Å²) in [5.74, 6) is 0.0985.